The van der Waals surface area contributed by atoms with E-state index in [1.165, 1.54) is 23.1 Å². The lowest BCUT2D eigenvalue weighted by Gasteiger charge is -2.10. The molecular formula is C22H25ClN4O4S2. The van der Waals surface area contributed by atoms with Crippen molar-refractivity contribution < 1.29 is 19.1 Å². The standard InChI is InChI=1S/C22H25ClN4O4S2/c1-4-14-11-15(21(29)30-6-3)20(33-14)24-19(28)13-32-22-26-25-18(27(22)5-2)12-31-17-10-8-7-9-16(17)23/h7-11H,4-6,12-13H2,1-3H3,(H,24,28). The Labute approximate surface area is 205 Å². The quantitative estimate of drug-likeness (QED) is 0.285. The summed E-state index contributed by atoms with van der Waals surface area (Å²) in [6.45, 7) is 6.81. The fourth-order valence-corrected chi connectivity index (χ4v) is 4.93. The number of carbonyl (C=O) groups is 2. The van der Waals surface area contributed by atoms with Crippen LogP contribution in [0.25, 0.3) is 0 Å². The molecule has 2 heterocycles. The Hall–Kier alpha value is -2.56. The second kappa shape index (κ2) is 12.1. The van der Waals surface area contributed by atoms with E-state index < -0.39 is 5.97 Å². The highest BCUT2D eigenvalue weighted by Gasteiger charge is 2.20. The molecule has 8 nitrogen and oxygen atoms in total. The summed E-state index contributed by atoms with van der Waals surface area (Å²) in [6, 6.07) is 8.98. The minimum absolute atomic E-state index is 0.116. The molecule has 0 atom stereocenters. The van der Waals surface area contributed by atoms with Crippen molar-refractivity contribution in [2.24, 2.45) is 0 Å². The number of aryl methyl sites for hydroxylation is 1. The number of aromatic nitrogens is 3. The molecule has 3 rings (SSSR count). The molecule has 0 aliphatic rings. The first kappa shape index (κ1) is 25.1. The third-order valence-corrected chi connectivity index (χ3v) is 6.99. The number of para-hydroxylation sites is 1. The van der Waals surface area contributed by atoms with Gasteiger partial charge < -0.3 is 19.4 Å². The molecule has 0 aliphatic carbocycles. The highest BCUT2D eigenvalue weighted by atomic mass is 35.5. The molecule has 0 saturated carbocycles. The maximum absolute atomic E-state index is 12.6. The van der Waals surface area contributed by atoms with Gasteiger partial charge in [-0.25, -0.2) is 4.79 Å². The molecule has 33 heavy (non-hydrogen) atoms. The molecule has 11 heteroatoms. The summed E-state index contributed by atoms with van der Waals surface area (Å²) in [5.41, 5.74) is 0.382. The van der Waals surface area contributed by atoms with Crippen LogP contribution in [0.5, 0.6) is 5.75 Å². The molecule has 2 aromatic heterocycles. The first-order chi connectivity index (χ1) is 16.0. The van der Waals surface area contributed by atoms with Gasteiger partial charge in [-0.3, -0.25) is 4.79 Å². The number of hydrogen-bond acceptors (Lipinski definition) is 8. The average Bonchev–Trinajstić information content (AvgIpc) is 3.40. The zero-order valence-electron chi connectivity index (χ0n) is 18.6. The number of anilines is 1. The number of nitrogens with one attached hydrogen (secondary N) is 1. The third kappa shape index (κ3) is 6.49. The zero-order valence-corrected chi connectivity index (χ0v) is 21.0. The van der Waals surface area contributed by atoms with E-state index in [-0.39, 0.29) is 24.9 Å². The van der Waals surface area contributed by atoms with Crippen LogP contribution in [0.4, 0.5) is 5.00 Å². The van der Waals surface area contributed by atoms with Crippen LogP contribution in [0.3, 0.4) is 0 Å². The highest BCUT2D eigenvalue weighted by Crippen LogP contribution is 2.30. The number of hydrogen-bond donors (Lipinski definition) is 1. The largest absolute Gasteiger partial charge is 0.484 e. The number of halogens is 1. The lowest BCUT2D eigenvalue weighted by molar-refractivity contribution is -0.113. The molecule has 176 valence electrons. The maximum Gasteiger partial charge on any atom is 0.341 e. The molecule has 0 bridgehead atoms. The molecule has 1 aromatic carbocycles. The smallest absolute Gasteiger partial charge is 0.341 e. The SMILES string of the molecule is CCOC(=O)c1cc(CC)sc1NC(=O)CSc1nnc(COc2ccccc2Cl)n1CC. The van der Waals surface area contributed by atoms with E-state index in [4.69, 9.17) is 21.1 Å². The van der Waals surface area contributed by atoms with Crippen LogP contribution in [-0.2, 0) is 29.1 Å². The summed E-state index contributed by atoms with van der Waals surface area (Å²) in [7, 11) is 0. The van der Waals surface area contributed by atoms with Crippen LogP contribution < -0.4 is 10.1 Å². The number of carbonyl (C=O) groups excluding carboxylic acids is 2. The van der Waals surface area contributed by atoms with Gasteiger partial charge in [0.15, 0.2) is 11.0 Å². The number of benzene rings is 1. The molecule has 0 saturated heterocycles. The first-order valence-electron chi connectivity index (χ1n) is 10.5. The number of thiophene rings is 1. The van der Waals surface area contributed by atoms with Gasteiger partial charge in [-0.1, -0.05) is 42.4 Å². The van der Waals surface area contributed by atoms with Gasteiger partial charge in [0.25, 0.3) is 0 Å². The maximum atomic E-state index is 12.6. The van der Waals surface area contributed by atoms with E-state index >= 15 is 0 Å². The van der Waals surface area contributed by atoms with Crippen molar-refractivity contribution in [1.29, 1.82) is 0 Å². The number of amides is 1. The van der Waals surface area contributed by atoms with Crippen LogP contribution >= 0.6 is 34.7 Å². The number of esters is 1. The van der Waals surface area contributed by atoms with Gasteiger partial charge in [-0.2, -0.15) is 0 Å². The van der Waals surface area contributed by atoms with Gasteiger partial charge in [0.05, 0.1) is 22.9 Å². The number of thioether (sulfide) groups is 1. The molecule has 0 spiro atoms. The molecule has 0 aliphatic heterocycles. The zero-order chi connectivity index (χ0) is 23.8. The molecule has 3 aromatic rings. The average molecular weight is 509 g/mol. The van der Waals surface area contributed by atoms with E-state index in [9.17, 15) is 9.59 Å². The second-order valence-electron chi connectivity index (χ2n) is 6.73. The van der Waals surface area contributed by atoms with Crippen molar-refractivity contribution in [3.63, 3.8) is 0 Å². The Morgan fingerprint density at radius 1 is 1.21 bits per heavy atom. The van der Waals surface area contributed by atoms with Gasteiger partial charge >= 0.3 is 5.97 Å². The van der Waals surface area contributed by atoms with E-state index in [1.54, 1.807) is 25.1 Å². The predicted molar refractivity (Wildman–Crippen MR) is 130 cm³/mol. The van der Waals surface area contributed by atoms with Crippen molar-refractivity contribution in [3.05, 3.63) is 51.6 Å². The van der Waals surface area contributed by atoms with E-state index in [0.717, 1.165) is 11.3 Å². The monoisotopic (exact) mass is 508 g/mol. The van der Waals surface area contributed by atoms with Gasteiger partial charge in [0.1, 0.15) is 17.4 Å². The lowest BCUT2D eigenvalue weighted by Crippen LogP contribution is -2.16. The highest BCUT2D eigenvalue weighted by molar-refractivity contribution is 7.99. The van der Waals surface area contributed by atoms with Gasteiger partial charge in [-0.05, 0) is 38.5 Å². The van der Waals surface area contributed by atoms with Gasteiger partial charge in [0.2, 0.25) is 5.91 Å². The van der Waals surface area contributed by atoms with Crippen molar-refractivity contribution >= 4 is 51.6 Å². The molecule has 0 radical (unpaired) electrons. The van der Waals surface area contributed by atoms with E-state index in [1.807, 2.05) is 30.5 Å². The summed E-state index contributed by atoms with van der Waals surface area (Å²) < 4.78 is 12.8. The fraction of sp³-hybridized carbons (Fsp3) is 0.364. The minimum Gasteiger partial charge on any atom is -0.484 e. The fourth-order valence-electron chi connectivity index (χ4n) is 2.92. The summed E-state index contributed by atoms with van der Waals surface area (Å²) in [6.07, 6.45) is 0.764. The molecule has 1 amide bonds. The van der Waals surface area contributed by atoms with Crippen molar-refractivity contribution in [3.8, 4) is 5.75 Å². The van der Waals surface area contributed by atoms with Crippen LogP contribution in [0.15, 0.2) is 35.5 Å². The molecule has 0 fully saturated rings. The first-order valence-corrected chi connectivity index (χ1v) is 12.7. The van der Waals surface area contributed by atoms with E-state index in [0.29, 0.717) is 38.9 Å². The number of ether oxygens (including phenoxy) is 2. The second-order valence-corrected chi connectivity index (χ2v) is 9.21. The Morgan fingerprint density at radius 2 is 2.00 bits per heavy atom. The van der Waals surface area contributed by atoms with Gasteiger partial charge in [0, 0.05) is 11.4 Å². The topological polar surface area (TPSA) is 95.3 Å². The summed E-state index contributed by atoms with van der Waals surface area (Å²) in [5.74, 6) is 0.638. The van der Waals surface area contributed by atoms with Crippen molar-refractivity contribution in [1.82, 2.24) is 14.8 Å². The predicted octanol–water partition coefficient (Wildman–Crippen LogP) is 5.06. The van der Waals surface area contributed by atoms with Crippen molar-refractivity contribution in [2.45, 2.75) is 45.5 Å². The van der Waals surface area contributed by atoms with E-state index in [2.05, 4.69) is 15.5 Å². The number of rotatable bonds is 11. The molecule has 1 N–H and O–H groups in total. The van der Waals surface area contributed by atoms with Crippen LogP contribution in [0, 0.1) is 0 Å². The van der Waals surface area contributed by atoms with Crippen molar-refractivity contribution in [2.75, 3.05) is 17.7 Å². The Bertz CT molecular complexity index is 1120. The third-order valence-electron chi connectivity index (χ3n) is 4.52. The Kier molecular flexibility index (Phi) is 9.16. The molecule has 0 unspecified atom stereocenters. The summed E-state index contributed by atoms with van der Waals surface area (Å²) in [4.78, 5) is 25.8. The van der Waals surface area contributed by atoms with Crippen LogP contribution in [0.1, 0.15) is 41.8 Å². The van der Waals surface area contributed by atoms with Crippen LogP contribution in [0.2, 0.25) is 5.02 Å². The summed E-state index contributed by atoms with van der Waals surface area (Å²) in [5, 5.41) is 12.9. The molecular weight excluding hydrogens is 484 g/mol. The lowest BCUT2D eigenvalue weighted by atomic mass is 10.2. The number of nitrogens with zero attached hydrogens (tertiary/aromatic N) is 3. The minimum atomic E-state index is -0.440. The van der Waals surface area contributed by atoms with Gasteiger partial charge in [-0.15, -0.1) is 21.5 Å². The van der Waals surface area contributed by atoms with Crippen LogP contribution in [-0.4, -0.2) is 39.0 Å². The Morgan fingerprint density at radius 3 is 2.70 bits per heavy atom. The summed E-state index contributed by atoms with van der Waals surface area (Å²) >= 11 is 8.78. The normalized spacial score (nSPS) is 10.8. The Balaban J connectivity index is 1.62.